The van der Waals surface area contributed by atoms with E-state index in [4.69, 9.17) is 14.9 Å². The second-order valence-electron chi connectivity index (χ2n) is 3.71. The van der Waals surface area contributed by atoms with Crippen LogP contribution < -0.4 is 10.5 Å². The molecule has 0 atom stereocenters. The third-order valence-corrected chi connectivity index (χ3v) is 2.68. The molecule has 4 heteroatoms. The van der Waals surface area contributed by atoms with Gasteiger partial charge in [-0.25, -0.2) is 4.98 Å². The number of ether oxygens (including phenoxy) is 1. The van der Waals surface area contributed by atoms with Crippen LogP contribution in [-0.4, -0.2) is 12.1 Å². The summed E-state index contributed by atoms with van der Waals surface area (Å²) < 4.78 is 10.5. The van der Waals surface area contributed by atoms with Gasteiger partial charge in [-0.3, -0.25) is 0 Å². The fourth-order valence-corrected chi connectivity index (χ4v) is 1.75. The van der Waals surface area contributed by atoms with Crippen molar-refractivity contribution in [2.45, 2.75) is 19.9 Å². The predicted molar refractivity (Wildman–Crippen MR) is 65.8 cm³/mol. The highest BCUT2D eigenvalue weighted by molar-refractivity contribution is 5.61. The Hall–Kier alpha value is -1.81. The van der Waals surface area contributed by atoms with Crippen molar-refractivity contribution in [3.63, 3.8) is 0 Å². The largest absolute Gasteiger partial charge is 0.496 e. The maximum absolute atomic E-state index is 5.47. The number of aryl methyl sites for hydroxylation is 1. The minimum Gasteiger partial charge on any atom is -0.496 e. The van der Waals surface area contributed by atoms with Crippen LogP contribution in [0.1, 0.15) is 18.4 Å². The number of hydrogen-bond acceptors (Lipinski definition) is 4. The summed E-state index contributed by atoms with van der Waals surface area (Å²) in [7, 11) is 1.68. The lowest BCUT2D eigenvalue weighted by Crippen LogP contribution is -1.96. The summed E-state index contributed by atoms with van der Waals surface area (Å²) in [6.45, 7) is 2.41. The van der Waals surface area contributed by atoms with Crippen LogP contribution in [0.4, 0.5) is 0 Å². The highest BCUT2D eigenvalue weighted by atomic mass is 16.5. The molecule has 0 amide bonds. The Kier molecular flexibility index (Phi) is 3.44. The maximum atomic E-state index is 5.47. The van der Waals surface area contributed by atoms with Gasteiger partial charge in [0.15, 0.2) is 0 Å². The van der Waals surface area contributed by atoms with E-state index >= 15 is 0 Å². The molecule has 0 fully saturated rings. The summed E-state index contributed by atoms with van der Waals surface area (Å²) in [5.74, 6) is 1.45. The number of aromatic nitrogens is 1. The SMILES string of the molecule is CCc1cc(-c2coc(CN)n2)ccc1OC. The summed E-state index contributed by atoms with van der Waals surface area (Å²) in [4.78, 5) is 4.30. The minimum atomic E-state index is 0.316. The Morgan fingerprint density at radius 2 is 2.24 bits per heavy atom. The number of nitrogens with zero attached hydrogens (tertiary/aromatic N) is 1. The molecule has 0 saturated carbocycles. The van der Waals surface area contributed by atoms with Gasteiger partial charge >= 0.3 is 0 Å². The van der Waals surface area contributed by atoms with Crippen LogP contribution in [0.15, 0.2) is 28.9 Å². The smallest absolute Gasteiger partial charge is 0.208 e. The van der Waals surface area contributed by atoms with Gasteiger partial charge in [0, 0.05) is 5.56 Å². The first-order valence-electron chi connectivity index (χ1n) is 5.60. The number of hydrogen-bond donors (Lipinski definition) is 1. The molecular formula is C13H16N2O2. The highest BCUT2D eigenvalue weighted by Crippen LogP contribution is 2.26. The molecule has 0 aliphatic heterocycles. The van der Waals surface area contributed by atoms with Gasteiger partial charge in [0.1, 0.15) is 17.7 Å². The van der Waals surface area contributed by atoms with Crippen LogP contribution in [0.5, 0.6) is 5.75 Å². The Labute approximate surface area is 100 Å². The van der Waals surface area contributed by atoms with Gasteiger partial charge in [-0.1, -0.05) is 6.92 Å². The van der Waals surface area contributed by atoms with E-state index in [9.17, 15) is 0 Å². The van der Waals surface area contributed by atoms with Crippen molar-refractivity contribution in [3.05, 3.63) is 35.9 Å². The van der Waals surface area contributed by atoms with Gasteiger partial charge in [-0.2, -0.15) is 0 Å². The molecule has 0 unspecified atom stereocenters. The monoisotopic (exact) mass is 232 g/mol. The van der Waals surface area contributed by atoms with E-state index < -0.39 is 0 Å². The summed E-state index contributed by atoms with van der Waals surface area (Å²) in [5, 5.41) is 0. The van der Waals surface area contributed by atoms with Crippen molar-refractivity contribution in [3.8, 4) is 17.0 Å². The average molecular weight is 232 g/mol. The first-order valence-corrected chi connectivity index (χ1v) is 5.60. The first-order chi connectivity index (χ1) is 8.28. The predicted octanol–water partition coefficient (Wildman–Crippen LogP) is 2.37. The van der Waals surface area contributed by atoms with Crippen LogP contribution in [0.25, 0.3) is 11.3 Å². The van der Waals surface area contributed by atoms with Crippen molar-refractivity contribution in [1.82, 2.24) is 4.98 Å². The molecule has 2 N–H and O–H groups in total. The average Bonchev–Trinajstić information content (AvgIpc) is 2.86. The third-order valence-electron chi connectivity index (χ3n) is 2.68. The molecule has 17 heavy (non-hydrogen) atoms. The molecule has 0 spiro atoms. The molecule has 2 rings (SSSR count). The molecule has 0 saturated heterocycles. The normalized spacial score (nSPS) is 10.5. The van der Waals surface area contributed by atoms with E-state index in [-0.39, 0.29) is 0 Å². The standard InChI is InChI=1S/C13H16N2O2/c1-3-9-6-10(4-5-12(9)16-2)11-8-17-13(7-14)15-11/h4-6,8H,3,7,14H2,1-2H3. The van der Waals surface area contributed by atoms with Crippen molar-refractivity contribution in [2.75, 3.05) is 7.11 Å². The number of benzene rings is 1. The maximum Gasteiger partial charge on any atom is 0.208 e. The Morgan fingerprint density at radius 1 is 1.41 bits per heavy atom. The summed E-state index contributed by atoms with van der Waals surface area (Å²) in [6, 6.07) is 5.98. The molecule has 1 aromatic heterocycles. The highest BCUT2D eigenvalue weighted by Gasteiger charge is 2.08. The molecule has 0 aliphatic carbocycles. The zero-order valence-electron chi connectivity index (χ0n) is 10.1. The van der Waals surface area contributed by atoms with E-state index in [1.54, 1.807) is 13.4 Å². The number of rotatable bonds is 4. The molecule has 0 aliphatic rings. The molecule has 1 heterocycles. The summed E-state index contributed by atoms with van der Waals surface area (Å²) in [6.07, 6.45) is 2.54. The lowest BCUT2D eigenvalue weighted by atomic mass is 10.1. The van der Waals surface area contributed by atoms with Crippen LogP contribution in [0, 0.1) is 0 Å². The second kappa shape index (κ2) is 5.01. The lowest BCUT2D eigenvalue weighted by molar-refractivity contribution is 0.410. The number of nitrogens with two attached hydrogens (primary N) is 1. The van der Waals surface area contributed by atoms with Gasteiger partial charge in [0.05, 0.1) is 13.7 Å². The van der Waals surface area contributed by atoms with E-state index in [2.05, 4.69) is 18.0 Å². The zero-order valence-corrected chi connectivity index (χ0v) is 10.1. The van der Waals surface area contributed by atoms with Crippen LogP contribution in [-0.2, 0) is 13.0 Å². The molecular weight excluding hydrogens is 216 g/mol. The van der Waals surface area contributed by atoms with Crippen molar-refractivity contribution >= 4 is 0 Å². The zero-order chi connectivity index (χ0) is 12.3. The quantitative estimate of drug-likeness (QED) is 0.879. The Morgan fingerprint density at radius 3 is 2.82 bits per heavy atom. The molecule has 0 radical (unpaired) electrons. The van der Waals surface area contributed by atoms with Crippen LogP contribution >= 0.6 is 0 Å². The van der Waals surface area contributed by atoms with Crippen molar-refractivity contribution in [1.29, 1.82) is 0 Å². The summed E-state index contributed by atoms with van der Waals surface area (Å²) >= 11 is 0. The fraction of sp³-hybridized carbons (Fsp3) is 0.308. The van der Waals surface area contributed by atoms with Gasteiger partial charge in [-0.05, 0) is 30.2 Å². The minimum absolute atomic E-state index is 0.316. The van der Waals surface area contributed by atoms with Gasteiger partial charge in [-0.15, -0.1) is 0 Å². The molecule has 1 aromatic carbocycles. The van der Waals surface area contributed by atoms with Gasteiger partial charge < -0.3 is 14.9 Å². The third kappa shape index (κ3) is 2.31. The fourth-order valence-electron chi connectivity index (χ4n) is 1.75. The first kappa shape index (κ1) is 11.7. The van der Waals surface area contributed by atoms with E-state index in [0.29, 0.717) is 12.4 Å². The van der Waals surface area contributed by atoms with E-state index in [0.717, 1.165) is 29.0 Å². The number of methoxy groups -OCH3 is 1. The molecule has 0 bridgehead atoms. The molecule has 4 nitrogen and oxygen atoms in total. The van der Waals surface area contributed by atoms with Crippen LogP contribution in [0.2, 0.25) is 0 Å². The van der Waals surface area contributed by atoms with Crippen LogP contribution in [0.3, 0.4) is 0 Å². The Balaban J connectivity index is 2.38. The van der Waals surface area contributed by atoms with Gasteiger partial charge in [0.2, 0.25) is 5.89 Å². The number of oxazole rings is 1. The summed E-state index contributed by atoms with van der Waals surface area (Å²) in [5.41, 5.74) is 8.45. The van der Waals surface area contributed by atoms with E-state index in [1.165, 1.54) is 0 Å². The molecule has 2 aromatic rings. The molecule has 90 valence electrons. The lowest BCUT2D eigenvalue weighted by Gasteiger charge is -2.07. The van der Waals surface area contributed by atoms with Gasteiger partial charge in [0.25, 0.3) is 0 Å². The Bertz CT molecular complexity index is 506. The van der Waals surface area contributed by atoms with E-state index in [1.807, 2.05) is 12.1 Å². The van der Waals surface area contributed by atoms with Crippen molar-refractivity contribution in [2.24, 2.45) is 5.73 Å². The second-order valence-corrected chi connectivity index (χ2v) is 3.71. The topological polar surface area (TPSA) is 61.3 Å². The van der Waals surface area contributed by atoms with Crippen molar-refractivity contribution < 1.29 is 9.15 Å².